The van der Waals surface area contributed by atoms with Crippen LogP contribution in [-0.2, 0) is 6.42 Å². The molecule has 1 aromatic carbocycles. The van der Waals surface area contributed by atoms with Gasteiger partial charge in [0.2, 0.25) is 0 Å². The summed E-state index contributed by atoms with van der Waals surface area (Å²) in [5.74, 6) is 0.985. The Bertz CT molecular complexity index is 579. The lowest BCUT2D eigenvalue weighted by molar-refractivity contribution is 0.942. The van der Waals surface area contributed by atoms with Crippen LogP contribution in [0.15, 0.2) is 18.2 Å². The van der Waals surface area contributed by atoms with Gasteiger partial charge in [0.25, 0.3) is 0 Å². The fraction of sp³-hybridized carbons (Fsp3) is 0.357. The average Bonchev–Trinajstić information content (AvgIpc) is 2.27. The Morgan fingerprint density at radius 1 is 1.28 bits per heavy atom. The number of aryl methyl sites for hydroxylation is 1. The number of hydrogen-bond acceptors (Lipinski definition) is 3. The fourth-order valence-electron chi connectivity index (χ4n) is 2.18. The SMILES string of the molecule is Cc1cc(Cl)cc2cc(CCN)c(N(C)C)nc12. The Labute approximate surface area is 113 Å². The Hall–Kier alpha value is -1.32. The number of nitrogens with two attached hydrogens (primary N) is 1. The van der Waals surface area contributed by atoms with Gasteiger partial charge < -0.3 is 10.6 Å². The van der Waals surface area contributed by atoms with Crippen molar-refractivity contribution in [2.24, 2.45) is 5.73 Å². The largest absolute Gasteiger partial charge is 0.362 e. The van der Waals surface area contributed by atoms with Crippen molar-refractivity contribution in [2.75, 3.05) is 25.5 Å². The fourth-order valence-corrected chi connectivity index (χ4v) is 2.46. The number of rotatable bonds is 3. The van der Waals surface area contributed by atoms with Gasteiger partial charge in [-0.15, -0.1) is 0 Å². The molecule has 18 heavy (non-hydrogen) atoms. The van der Waals surface area contributed by atoms with E-state index in [2.05, 4.69) is 6.07 Å². The van der Waals surface area contributed by atoms with Crippen LogP contribution in [0.25, 0.3) is 10.9 Å². The third-order valence-electron chi connectivity index (χ3n) is 2.97. The summed E-state index contributed by atoms with van der Waals surface area (Å²) in [7, 11) is 4.00. The van der Waals surface area contributed by atoms with Crippen LogP contribution >= 0.6 is 11.6 Å². The van der Waals surface area contributed by atoms with Crippen molar-refractivity contribution in [3.63, 3.8) is 0 Å². The highest BCUT2D eigenvalue weighted by Gasteiger charge is 2.10. The predicted octanol–water partition coefficient (Wildman–Crippen LogP) is 2.76. The number of hydrogen-bond donors (Lipinski definition) is 1. The van der Waals surface area contributed by atoms with Crippen molar-refractivity contribution < 1.29 is 0 Å². The van der Waals surface area contributed by atoms with Crippen LogP contribution in [0.2, 0.25) is 5.02 Å². The van der Waals surface area contributed by atoms with Crippen molar-refractivity contribution in [2.45, 2.75) is 13.3 Å². The molecular formula is C14H18ClN3. The molecule has 0 saturated carbocycles. The molecule has 2 aromatic rings. The first-order valence-corrected chi connectivity index (χ1v) is 6.38. The van der Waals surface area contributed by atoms with E-state index < -0.39 is 0 Å². The smallest absolute Gasteiger partial charge is 0.132 e. The molecule has 0 aliphatic rings. The minimum absolute atomic E-state index is 0.619. The van der Waals surface area contributed by atoms with Crippen LogP contribution in [0.1, 0.15) is 11.1 Å². The molecule has 0 aliphatic carbocycles. The summed E-state index contributed by atoms with van der Waals surface area (Å²) >= 11 is 6.09. The van der Waals surface area contributed by atoms with Crippen molar-refractivity contribution in [1.82, 2.24) is 4.98 Å². The molecule has 0 radical (unpaired) electrons. The summed E-state index contributed by atoms with van der Waals surface area (Å²) in [5, 5.41) is 1.83. The molecule has 0 amide bonds. The number of halogens is 1. The highest BCUT2D eigenvalue weighted by atomic mass is 35.5. The van der Waals surface area contributed by atoms with Gasteiger partial charge >= 0.3 is 0 Å². The summed E-state index contributed by atoms with van der Waals surface area (Å²) in [5.41, 5.74) is 8.93. The van der Waals surface area contributed by atoms with Gasteiger partial charge in [0, 0.05) is 24.5 Å². The molecule has 1 heterocycles. The Morgan fingerprint density at radius 2 is 2.00 bits per heavy atom. The zero-order valence-electron chi connectivity index (χ0n) is 11.0. The molecule has 2 rings (SSSR count). The van der Waals surface area contributed by atoms with Gasteiger partial charge in [0.05, 0.1) is 5.52 Å². The lowest BCUT2D eigenvalue weighted by atomic mass is 10.1. The standard InChI is InChI=1S/C14H18ClN3/c1-9-6-12(15)8-11-7-10(4-5-16)14(18(2)3)17-13(9)11/h6-8H,4-5,16H2,1-3H3. The van der Waals surface area contributed by atoms with E-state index >= 15 is 0 Å². The number of anilines is 1. The van der Waals surface area contributed by atoms with Gasteiger partial charge in [-0.25, -0.2) is 4.98 Å². The summed E-state index contributed by atoms with van der Waals surface area (Å²) in [6, 6.07) is 6.04. The molecule has 96 valence electrons. The maximum absolute atomic E-state index is 6.09. The summed E-state index contributed by atoms with van der Waals surface area (Å²) < 4.78 is 0. The number of fused-ring (bicyclic) bond motifs is 1. The lowest BCUT2D eigenvalue weighted by Gasteiger charge is -2.17. The van der Waals surface area contributed by atoms with Gasteiger partial charge in [0.1, 0.15) is 5.82 Å². The maximum Gasteiger partial charge on any atom is 0.132 e. The first kappa shape index (κ1) is 13.1. The average molecular weight is 264 g/mol. The molecule has 0 fully saturated rings. The van der Waals surface area contributed by atoms with E-state index in [1.165, 1.54) is 0 Å². The van der Waals surface area contributed by atoms with Gasteiger partial charge in [-0.1, -0.05) is 11.6 Å². The topological polar surface area (TPSA) is 42.1 Å². The molecule has 0 aliphatic heterocycles. The zero-order chi connectivity index (χ0) is 13.3. The minimum atomic E-state index is 0.619. The number of pyridine rings is 1. The van der Waals surface area contributed by atoms with Crippen molar-refractivity contribution in [3.05, 3.63) is 34.3 Å². The second-order valence-corrected chi connectivity index (χ2v) is 5.14. The molecule has 4 heteroatoms. The molecule has 3 nitrogen and oxygen atoms in total. The lowest BCUT2D eigenvalue weighted by Crippen LogP contribution is -2.15. The van der Waals surface area contributed by atoms with Crippen LogP contribution < -0.4 is 10.6 Å². The van der Waals surface area contributed by atoms with Crippen LogP contribution in [0.4, 0.5) is 5.82 Å². The normalized spacial score (nSPS) is 10.9. The van der Waals surface area contributed by atoms with Crippen LogP contribution in [0.3, 0.4) is 0 Å². The molecule has 1 aromatic heterocycles. The van der Waals surface area contributed by atoms with Gasteiger partial charge in [-0.05, 0) is 49.2 Å². The zero-order valence-corrected chi connectivity index (χ0v) is 11.8. The molecular weight excluding hydrogens is 246 g/mol. The van der Waals surface area contributed by atoms with Crippen LogP contribution in [0, 0.1) is 6.92 Å². The molecule has 0 saturated heterocycles. The van der Waals surface area contributed by atoms with E-state index in [-0.39, 0.29) is 0 Å². The first-order chi connectivity index (χ1) is 8.52. The van der Waals surface area contributed by atoms with E-state index in [1.54, 1.807) is 0 Å². The third kappa shape index (κ3) is 2.42. The Kier molecular flexibility index (Phi) is 3.73. The van der Waals surface area contributed by atoms with E-state index in [0.29, 0.717) is 6.54 Å². The predicted molar refractivity (Wildman–Crippen MR) is 78.6 cm³/mol. The summed E-state index contributed by atoms with van der Waals surface area (Å²) in [6.45, 7) is 2.65. The molecule has 2 N–H and O–H groups in total. The van der Waals surface area contributed by atoms with Gasteiger partial charge in [0.15, 0.2) is 0 Å². The second-order valence-electron chi connectivity index (χ2n) is 4.70. The molecule has 0 bridgehead atoms. The van der Waals surface area contributed by atoms with E-state index in [0.717, 1.165) is 39.3 Å². The Balaban J connectivity index is 2.72. The molecule has 0 atom stereocenters. The molecule has 0 unspecified atom stereocenters. The minimum Gasteiger partial charge on any atom is -0.362 e. The number of nitrogens with zero attached hydrogens (tertiary/aromatic N) is 2. The van der Waals surface area contributed by atoms with Gasteiger partial charge in [-0.2, -0.15) is 0 Å². The highest BCUT2D eigenvalue weighted by molar-refractivity contribution is 6.31. The second kappa shape index (κ2) is 5.12. The van der Waals surface area contributed by atoms with E-state index in [4.69, 9.17) is 22.3 Å². The summed E-state index contributed by atoms with van der Waals surface area (Å²) in [4.78, 5) is 6.77. The van der Waals surface area contributed by atoms with Crippen LogP contribution in [0.5, 0.6) is 0 Å². The maximum atomic E-state index is 6.09. The van der Waals surface area contributed by atoms with Crippen molar-refractivity contribution in [3.8, 4) is 0 Å². The third-order valence-corrected chi connectivity index (χ3v) is 3.18. The van der Waals surface area contributed by atoms with E-state index in [1.807, 2.05) is 38.1 Å². The molecule has 0 spiro atoms. The van der Waals surface area contributed by atoms with E-state index in [9.17, 15) is 0 Å². The van der Waals surface area contributed by atoms with Crippen molar-refractivity contribution >= 4 is 28.3 Å². The first-order valence-electron chi connectivity index (χ1n) is 6.00. The summed E-state index contributed by atoms with van der Waals surface area (Å²) in [6.07, 6.45) is 0.821. The highest BCUT2D eigenvalue weighted by Crippen LogP contribution is 2.27. The van der Waals surface area contributed by atoms with Crippen LogP contribution in [-0.4, -0.2) is 25.6 Å². The Morgan fingerprint density at radius 3 is 2.61 bits per heavy atom. The van der Waals surface area contributed by atoms with Gasteiger partial charge in [-0.3, -0.25) is 0 Å². The quantitative estimate of drug-likeness (QED) is 0.926. The van der Waals surface area contributed by atoms with Crippen molar-refractivity contribution in [1.29, 1.82) is 0 Å². The number of aromatic nitrogens is 1. The monoisotopic (exact) mass is 263 g/mol. The number of benzene rings is 1.